The van der Waals surface area contributed by atoms with Gasteiger partial charge in [0.15, 0.2) is 0 Å². The number of unbranched alkanes of at least 4 members (excludes halogenated alkanes) is 3. The summed E-state index contributed by atoms with van der Waals surface area (Å²) in [6.07, 6.45) is 4.43. The lowest BCUT2D eigenvalue weighted by Crippen LogP contribution is -2.30. The van der Waals surface area contributed by atoms with E-state index in [1.165, 1.54) is 10.6 Å². The Morgan fingerprint density at radius 2 is 1.77 bits per heavy atom. The summed E-state index contributed by atoms with van der Waals surface area (Å²) in [5.74, 6) is -0.783. The molecule has 0 saturated heterocycles. The highest BCUT2D eigenvalue weighted by molar-refractivity contribution is 7.88. The summed E-state index contributed by atoms with van der Waals surface area (Å²) in [6, 6.07) is 12.1. The molecular formula is C19H25NO4S2. The lowest BCUT2D eigenvalue weighted by atomic mass is 10.1. The highest BCUT2D eigenvalue weighted by Crippen LogP contribution is 2.27. The van der Waals surface area contributed by atoms with Crippen molar-refractivity contribution < 1.29 is 18.3 Å². The molecule has 1 aromatic carbocycles. The van der Waals surface area contributed by atoms with Gasteiger partial charge in [-0.2, -0.15) is 4.31 Å². The molecule has 0 bridgehead atoms. The lowest BCUT2D eigenvalue weighted by Gasteiger charge is -2.19. The van der Waals surface area contributed by atoms with Crippen LogP contribution in [0, 0.1) is 0 Å². The van der Waals surface area contributed by atoms with Gasteiger partial charge in [-0.05, 0) is 35.4 Å². The average molecular weight is 396 g/mol. The third-order valence-electron chi connectivity index (χ3n) is 4.11. The first-order valence-corrected chi connectivity index (χ1v) is 11.4. The van der Waals surface area contributed by atoms with Crippen LogP contribution >= 0.6 is 11.3 Å². The van der Waals surface area contributed by atoms with E-state index in [9.17, 15) is 13.2 Å². The molecule has 0 aliphatic heterocycles. The highest BCUT2D eigenvalue weighted by Gasteiger charge is 2.17. The van der Waals surface area contributed by atoms with Gasteiger partial charge in [-0.1, -0.05) is 43.2 Å². The first kappa shape index (κ1) is 20.6. The molecule has 5 nitrogen and oxygen atoms in total. The van der Waals surface area contributed by atoms with E-state index in [1.807, 2.05) is 36.4 Å². The van der Waals surface area contributed by atoms with Crippen LogP contribution in [-0.2, 0) is 21.4 Å². The summed E-state index contributed by atoms with van der Waals surface area (Å²) < 4.78 is 25.7. The third kappa shape index (κ3) is 6.90. The van der Waals surface area contributed by atoms with Crippen LogP contribution < -0.4 is 0 Å². The Labute approximate surface area is 159 Å². The smallest absolute Gasteiger partial charge is 0.303 e. The van der Waals surface area contributed by atoms with Gasteiger partial charge in [-0.25, -0.2) is 8.42 Å². The fourth-order valence-corrected chi connectivity index (χ4v) is 4.52. The summed E-state index contributed by atoms with van der Waals surface area (Å²) in [6.45, 7) is 0.843. The molecule has 0 unspecified atom stereocenters. The molecule has 0 spiro atoms. The van der Waals surface area contributed by atoms with Gasteiger partial charge in [-0.15, -0.1) is 11.3 Å². The van der Waals surface area contributed by atoms with Crippen molar-refractivity contribution in [2.75, 3.05) is 12.8 Å². The molecule has 142 valence electrons. The minimum atomic E-state index is -3.28. The number of sulfonamides is 1. The maximum Gasteiger partial charge on any atom is 0.303 e. The number of rotatable bonds is 11. The van der Waals surface area contributed by atoms with Crippen molar-refractivity contribution in [3.05, 3.63) is 46.7 Å². The van der Waals surface area contributed by atoms with Crippen molar-refractivity contribution in [1.29, 1.82) is 0 Å². The number of carboxylic acids is 1. The third-order valence-corrected chi connectivity index (χ3v) is 6.28. The van der Waals surface area contributed by atoms with Gasteiger partial charge in [0.1, 0.15) is 0 Å². The number of carbonyl (C=O) groups is 1. The Balaban J connectivity index is 1.90. The Bertz CT molecular complexity index is 800. The van der Waals surface area contributed by atoms with Gasteiger partial charge < -0.3 is 5.11 Å². The molecule has 2 rings (SSSR count). The molecule has 0 aliphatic carbocycles. The summed E-state index contributed by atoms with van der Waals surface area (Å²) in [5.41, 5.74) is 2.23. The van der Waals surface area contributed by atoms with Crippen LogP contribution in [0.2, 0.25) is 0 Å². The normalized spacial score (nSPS) is 11.8. The van der Waals surface area contributed by atoms with Gasteiger partial charge in [0.2, 0.25) is 10.0 Å². The quantitative estimate of drug-likeness (QED) is 0.578. The highest BCUT2D eigenvalue weighted by atomic mass is 32.2. The molecule has 26 heavy (non-hydrogen) atoms. The Morgan fingerprint density at radius 1 is 1.08 bits per heavy atom. The molecule has 0 radical (unpaired) electrons. The van der Waals surface area contributed by atoms with Gasteiger partial charge in [-0.3, -0.25) is 4.79 Å². The number of nitrogens with zero attached hydrogens (tertiary/aromatic N) is 1. The van der Waals surface area contributed by atoms with Crippen molar-refractivity contribution in [2.24, 2.45) is 0 Å². The molecule has 1 heterocycles. The van der Waals surface area contributed by atoms with Gasteiger partial charge in [0, 0.05) is 24.4 Å². The van der Waals surface area contributed by atoms with Crippen molar-refractivity contribution >= 4 is 27.3 Å². The zero-order valence-corrected chi connectivity index (χ0v) is 16.6. The monoisotopic (exact) mass is 395 g/mol. The molecule has 1 N–H and O–H groups in total. The molecule has 0 aliphatic rings. The maximum absolute atomic E-state index is 12.1. The standard InChI is InChI=1S/C19H25NO4S2/c1-26(23,24)20(12-8-3-2-7-11-19(21)22)14-18-13-17(15-25-18)16-9-5-4-6-10-16/h4-6,9-10,13,15H,2-3,7-8,11-12,14H2,1H3,(H,21,22). The van der Waals surface area contributed by atoms with Crippen molar-refractivity contribution in [1.82, 2.24) is 4.31 Å². The first-order chi connectivity index (χ1) is 12.4. The SMILES string of the molecule is CS(=O)(=O)N(CCCCCCC(=O)O)Cc1cc(-c2ccccc2)cs1. The predicted molar refractivity (Wildman–Crippen MR) is 106 cm³/mol. The van der Waals surface area contributed by atoms with Crippen LogP contribution in [0.25, 0.3) is 11.1 Å². The van der Waals surface area contributed by atoms with E-state index in [1.54, 1.807) is 11.3 Å². The fourth-order valence-electron chi connectivity index (χ4n) is 2.70. The minimum absolute atomic E-state index is 0.174. The number of hydrogen-bond acceptors (Lipinski definition) is 4. The number of hydrogen-bond donors (Lipinski definition) is 1. The van der Waals surface area contributed by atoms with Crippen LogP contribution in [-0.4, -0.2) is 36.6 Å². The average Bonchev–Trinajstić information content (AvgIpc) is 3.05. The van der Waals surface area contributed by atoms with Crippen LogP contribution in [0.5, 0.6) is 0 Å². The van der Waals surface area contributed by atoms with Crippen LogP contribution in [0.15, 0.2) is 41.8 Å². The summed E-state index contributed by atoms with van der Waals surface area (Å²) in [7, 11) is -3.28. The fraction of sp³-hybridized carbons (Fsp3) is 0.421. The number of thiophene rings is 1. The molecular weight excluding hydrogens is 370 g/mol. The second-order valence-corrected chi connectivity index (χ2v) is 9.30. The molecule has 7 heteroatoms. The van der Waals surface area contributed by atoms with Gasteiger partial charge in [0.25, 0.3) is 0 Å². The van der Waals surface area contributed by atoms with E-state index < -0.39 is 16.0 Å². The van der Waals surface area contributed by atoms with Crippen LogP contribution in [0.1, 0.15) is 37.0 Å². The van der Waals surface area contributed by atoms with Gasteiger partial charge >= 0.3 is 5.97 Å². The van der Waals surface area contributed by atoms with E-state index >= 15 is 0 Å². The lowest BCUT2D eigenvalue weighted by molar-refractivity contribution is -0.137. The summed E-state index contributed by atoms with van der Waals surface area (Å²) in [5, 5.41) is 10.7. The summed E-state index contributed by atoms with van der Waals surface area (Å²) >= 11 is 1.57. The molecule has 0 amide bonds. The number of aliphatic carboxylic acids is 1. The Hall–Kier alpha value is -1.70. The molecule has 0 atom stereocenters. The van der Waals surface area contributed by atoms with Crippen LogP contribution in [0.3, 0.4) is 0 Å². The van der Waals surface area contributed by atoms with E-state index in [-0.39, 0.29) is 6.42 Å². The topological polar surface area (TPSA) is 74.7 Å². The van der Waals surface area contributed by atoms with Gasteiger partial charge in [0.05, 0.1) is 6.26 Å². The Morgan fingerprint density at radius 3 is 2.42 bits per heavy atom. The number of carboxylic acid groups (broad SMARTS) is 1. The van der Waals surface area contributed by atoms with E-state index in [0.29, 0.717) is 19.5 Å². The van der Waals surface area contributed by atoms with E-state index in [4.69, 9.17) is 5.11 Å². The maximum atomic E-state index is 12.1. The van der Waals surface area contributed by atoms with Crippen molar-refractivity contribution in [3.63, 3.8) is 0 Å². The predicted octanol–water partition coefficient (Wildman–Crippen LogP) is 4.21. The number of benzene rings is 1. The molecule has 2 aromatic rings. The first-order valence-electron chi connectivity index (χ1n) is 8.66. The summed E-state index contributed by atoms with van der Waals surface area (Å²) in [4.78, 5) is 11.5. The minimum Gasteiger partial charge on any atom is -0.481 e. The second-order valence-electron chi connectivity index (χ2n) is 6.32. The second kappa shape index (κ2) is 9.85. The van der Waals surface area contributed by atoms with Crippen LogP contribution in [0.4, 0.5) is 0 Å². The zero-order valence-electron chi connectivity index (χ0n) is 14.9. The molecule has 1 aromatic heterocycles. The Kier molecular flexibility index (Phi) is 7.81. The molecule has 0 saturated carbocycles. The van der Waals surface area contributed by atoms with E-state index in [2.05, 4.69) is 5.38 Å². The zero-order chi connectivity index (χ0) is 19.0. The van der Waals surface area contributed by atoms with Crippen molar-refractivity contribution in [3.8, 4) is 11.1 Å². The van der Waals surface area contributed by atoms with Crippen molar-refractivity contribution in [2.45, 2.75) is 38.6 Å². The largest absolute Gasteiger partial charge is 0.481 e. The van der Waals surface area contributed by atoms with E-state index in [0.717, 1.165) is 35.3 Å². The molecule has 0 fully saturated rings.